The van der Waals surface area contributed by atoms with Crippen LogP contribution in [-0.4, -0.2) is 79.1 Å². The number of aromatic nitrogens is 3. The molecule has 1 atom stereocenters. The average Bonchev–Trinajstić information content (AvgIpc) is 3.02. The Morgan fingerprint density at radius 2 is 1.96 bits per heavy atom. The van der Waals surface area contributed by atoms with Crippen LogP contribution in [0.1, 0.15) is 6.42 Å². The summed E-state index contributed by atoms with van der Waals surface area (Å²) in [6.45, 7) is 3.40. The number of carbonyl (C=O) groups is 1. The van der Waals surface area contributed by atoms with Crippen LogP contribution in [0.2, 0.25) is 0 Å². The van der Waals surface area contributed by atoms with Crippen LogP contribution in [0.3, 0.4) is 0 Å². The van der Waals surface area contributed by atoms with Crippen molar-refractivity contribution in [1.82, 2.24) is 25.2 Å². The van der Waals surface area contributed by atoms with Gasteiger partial charge in [0.15, 0.2) is 0 Å². The second-order valence-corrected chi connectivity index (χ2v) is 7.06. The maximum absolute atomic E-state index is 12.3. The van der Waals surface area contributed by atoms with Gasteiger partial charge in [-0.2, -0.15) is 15.4 Å². The lowest BCUT2D eigenvalue weighted by atomic mass is 10.3. The third kappa shape index (κ3) is 3.85. The number of piperazine rings is 1. The highest BCUT2D eigenvalue weighted by atomic mass is 32.2. The van der Waals surface area contributed by atoms with E-state index in [-0.39, 0.29) is 0 Å². The van der Waals surface area contributed by atoms with Crippen molar-refractivity contribution < 1.29 is 14.1 Å². The van der Waals surface area contributed by atoms with E-state index in [2.05, 4.69) is 20.3 Å². The van der Waals surface area contributed by atoms with Crippen molar-refractivity contribution in [3.63, 3.8) is 0 Å². The first-order valence-corrected chi connectivity index (χ1v) is 8.84. The zero-order valence-electron chi connectivity index (χ0n) is 12.6. The lowest BCUT2D eigenvalue weighted by molar-refractivity contribution is 0.106. The monoisotopic (exact) mass is 337 g/mol. The normalized spacial score (nSPS) is 17.5. The van der Waals surface area contributed by atoms with Gasteiger partial charge in [-0.1, -0.05) is 0 Å². The molecule has 1 aromatic carbocycles. The molecule has 1 aromatic heterocycles. The van der Waals surface area contributed by atoms with Crippen molar-refractivity contribution in [3.8, 4) is 0 Å². The van der Waals surface area contributed by atoms with Crippen molar-refractivity contribution in [1.29, 1.82) is 0 Å². The van der Waals surface area contributed by atoms with Crippen LogP contribution in [0.4, 0.5) is 4.79 Å². The Labute approximate surface area is 135 Å². The van der Waals surface area contributed by atoms with Gasteiger partial charge in [-0.25, -0.2) is 4.79 Å². The number of aromatic amines is 1. The van der Waals surface area contributed by atoms with E-state index in [0.717, 1.165) is 42.0 Å². The molecule has 0 spiro atoms. The fraction of sp³-hybridized carbons (Fsp3) is 0.500. The van der Waals surface area contributed by atoms with E-state index in [1.165, 1.54) is 4.90 Å². The van der Waals surface area contributed by atoms with Gasteiger partial charge < -0.3 is 10.0 Å². The van der Waals surface area contributed by atoms with Gasteiger partial charge in [-0.05, 0) is 31.2 Å². The summed E-state index contributed by atoms with van der Waals surface area (Å²) in [5, 5.41) is 19.4. The molecule has 2 N–H and O–H groups in total. The van der Waals surface area contributed by atoms with E-state index in [4.69, 9.17) is 5.11 Å². The Balaban J connectivity index is 1.45. The van der Waals surface area contributed by atoms with Crippen molar-refractivity contribution in [2.45, 2.75) is 11.3 Å². The van der Waals surface area contributed by atoms with Crippen LogP contribution in [0.5, 0.6) is 0 Å². The summed E-state index contributed by atoms with van der Waals surface area (Å²) < 4.78 is 12.3. The Morgan fingerprint density at radius 1 is 1.22 bits per heavy atom. The maximum Gasteiger partial charge on any atom is 0.407 e. The summed E-state index contributed by atoms with van der Waals surface area (Å²) in [5.74, 6) is 0.586. The highest BCUT2D eigenvalue weighted by molar-refractivity contribution is 7.85. The number of amides is 1. The minimum Gasteiger partial charge on any atom is -0.465 e. The zero-order chi connectivity index (χ0) is 16.2. The van der Waals surface area contributed by atoms with Crippen LogP contribution < -0.4 is 0 Å². The molecule has 1 aliphatic rings. The molecular formula is C14H19N5O3S. The fourth-order valence-corrected chi connectivity index (χ4v) is 3.75. The van der Waals surface area contributed by atoms with E-state index in [0.29, 0.717) is 18.8 Å². The molecule has 8 nitrogen and oxygen atoms in total. The molecular weight excluding hydrogens is 318 g/mol. The smallest absolute Gasteiger partial charge is 0.407 e. The number of rotatable bonds is 5. The number of fused-ring (bicyclic) bond motifs is 1. The third-order valence-corrected chi connectivity index (χ3v) is 5.44. The quantitative estimate of drug-likeness (QED) is 0.835. The first-order valence-electron chi connectivity index (χ1n) is 7.52. The lowest BCUT2D eigenvalue weighted by Gasteiger charge is -2.32. The molecule has 124 valence electrons. The van der Waals surface area contributed by atoms with Crippen LogP contribution in [-0.2, 0) is 10.8 Å². The highest BCUT2D eigenvalue weighted by Gasteiger charge is 2.20. The summed E-state index contributed by atoms with van der Waals surface area (Å²) >= 11 is 0. The van der Waals surface area contributed by atoms with Gasteiger partial charge in [0.1, 0.15) is 11.0 Å². The van der Waals surface area contributed by atoms with Crippen LogP contribution in [0, 0.1) is 0 Å². The number of H-pyrrole nitrogens is 1. The average molecular weight is 337 g/mol. The van der Waals surface area contributed by atoms with Crippen molar-refractivity contribution in [2.75, 3.05) is 38.5 Å². The number of carboxylic acid groups (broad SMARTS) is 1. The summed E-state index contributed by atoms with van der Waals surface area (Å²) in [4.78, 5) is 15.3. The molecule has 0 bridgehead atoms. The first-order chi connectivity index (χ1) is 11.1. The Hall–Kier alpha value is -2.00. The molecule has 2 heterocycles. The molecule has 0 saturated carbocycles. The molecule has 0 aliphatic carbocycles. The molecule has 3 rings (SSSR count). The van der Waals surface area contributed by atoms with Crippen molar-refractivity contribution >= 4 is 27.9 Å². The standard InChI is InChI=1S/C14H19N5O3S/c20-14(21)19-7-5-18(6-8-19)4-1-9-23(22)11-2-3-12-13(10-11)16-17-15-12/h2-3,10H,1,4-9H2,(H,20,21)(H,15,16,17). The van der Waals surface area contributed by atoms with Gasteiger partial charge in [0.25, 0.3) is 0 Å². The molecule has 1 amide bonds. The molecule has 2 aromatic rings. The van der Waals surface area contributed by atoms with Crippen LogP contribution in [0.25, 0.3) is 11.0 Å². The Kier molecular flexibility index (Phi) is 4.87. The van der Waals surface area contributed by atoms with Gasteiger partial charge in [0.2, 0.25) is 0 Å². The second-order valence-electron chi connectivity index (χ2n) is 5.49. The van der Waals surface area contributed by atoms with Crippen LogP contribution >= 0.6 is 0 Å². The SMILES string of the molecule is O=C(O)N1CCN(CCCS(=O)c2ccc3n[nH]nc3c2)CC1. The number of hydrogen-bond donors (Lipinski definition) is 2. The predicted molar refractivity (Wildman–Crippen MR) is 85.8 cm³/mol. The molecule has 1 unspecified atom stereocenters. The highest BCUT2D eigenvalue weighted by Crippen LogP contribution is 2.14. The van der Waals surface area contributed by atoms with E-state index < -0.39 is 16.9 Å². The summed E-state index contributed by atoms with van der Waals surface area (Å²) in [6.07, 6.45) is -0.0368. The number of hydrogen-bond acceptors (Lipinski definition) is 5. The van der Waals surface area contributed by atoms with E-state index >= 15 is 0 Å². The van der Waals surface area contributed by atoms with E-state index in [9.17, 15) is 9.00 Å². The van der Waals surface area contributed by atoms with E-state index in [1.807, 2.05) is 12.1 Å². The molecule has 9 heteroatoms. The topological polar surface area (TPSA) is 102 Å². The van der Waals surface area contributed by atoms with E-state index in [1.54, 1.807) is 6.07 Å². The maximum atomic E-state index is 12.3. The summed E-state index contributed by atoms with van der Waals surface area (Å²) in [5.41, 5.74) is 1.49. The Bertz CT molecular complexity index is 711. The van der Waals surface area contributed by atoms with Crippen molar-refractivity contribution in [2.24, 2.45) is 0 Å². The Morgan fingerprint density at radius 3 is 2.70 bits per heavy atom. The third-order valence-electron chi connectivity index (χ3n) is 4.00. The van der Waals surface area contributed by atoms with Gasteiger partial charge in [-0.15, -0.1) is 0 Å². The van der Waals surface area contributed by atoms with Crippen LogP contribution in [0.15, 0.2) is 23.1 Å². The number of nitrogens with zero attached hydrogens (tertiary/aromatic N) is 4. The van der Waals surface area contributed by atoms with Gasteiger partial charge in [0, 0.05) is 36.8 Å². The van der Waals surface area contributed by atoms with Gasteiger partial charge >= 0.3 is 6.09 Å². The molecule has 23 heavy (non-hydrogen) atoms. The number of nitrogens with one attached hydrogen (secondary N) is 1. The van der Waals surface area contributed by atoms with Crippen molar-refractivity contribution in [3.05, 3.63) is 18.2 Å². The second kappa shape index (κ2) is 7.05. The van der Waals surface area contributed by atoms with Gasteiger partial charge in [0.05, 0.1) is 10.8 Å². The predicted octanol–water partition coefficient (Wildman–Crippen LogP) is 0.751. The molecule has 1 saturated heterocycles. The number of benzene rings is 1. The summed E-state index contributed by atoms with van der Waals surface area (Å²) in [6, 6.07) is 5.45. The van der Waals surface area contributed by atoms with Gasteiger partial charge in [-0.3, -0.25) is 9.11 Å². The minimum atomic E-state index is -1.06. The summed E-state index contributed by atoms with van der Waals surface area (Å²) in [7, 11) is -1.06. The molecule has 0 radical (unpaired) electrons. The largest absolute Gasteiger partial charge is 0.465 e. The zero-order valence-corrected chi connectivity index (χ0v) is 13.5. The fourth-order valence-electron chi connectivity index (χ4n) is 2.66. The molecule has 1 aliphatic heterocycles. The lowest BCUT2D eigenvalue weighted by Crippen LogP contribution is -2.48. The molecule has 1 fully saturated rings. The minimum absolute atomic E-state index is 0.543. The first kappa shape index (κ1) is 15.9.